The molecule has 7 nitrogen and oxygen atoms in total. The number of aromatic nitrogens is 6. The molecule has 2 aromatic carbocycles. The van der Waals surface area contributed by atoms with Crippen LogP contribution in [0.2, 0.25) is 20.1 Å². The summed E-state index contributed by atoms with van der Waals surface area (Å²) in [5.41, 5.74) is 1.72. The Hall–Kier alpha value is -1.06. The van der Waals surface area contributed by atoms with Crippen LogP contribution in [0.25, 0.3) is 22.1 Å². The fourth-order valence-electron chi connectivity index (χ4n) is 2.74. The lowest BCUT2D eigenvalue weighted by Gasteiger charge is -2.31. The molecule has 0 saturated carbocycles. The molecule has 0 amide bonds. The number of ether oxygens (including phenoxy) is 1. The van der Waals surface area contributed by atoms with Crippen molar-refractivity contribution in [3.63, 3.8) is 0 Å². The second-order valence-corrected chi connectivity index (χ2v) is 10.5. The van der Waals surface area contributed by atoms with Crippen molar-refractivity contribution in [1.29, 1.82) is 0 Å². The molecule has 2 atom stereocenters. The molecule has 0 aliphatic heterocycles. The maximum absolute atomic E-state index is 6.24. The van der Waals surface area contributed by atoms with Crippen LogP contribution >= 0.6 is 91.6 Å². The van der Waals surface area contributed by atoms with Crippen LogP contribution in [-0.4, -0.2) is 30.0 Å². The van der Waals surface area contributed by atoms with Crippen molar-refractivity contribution in [2.75, 3.05) is 0 Å². The third-order valence-electron chi connectivity index (χ3n) is 4.19. The van der Waals surface area contributed by atoms with Crippen molar-refractivity contribution >= 4 is 114 Å². The molecule has 2 aromatic heterocycles. The first-order valence-electron chi connectivity index (χ1n) is 8.08. The highest BCUT2D eigenvalue weighted by Gasteiger charge is 2.43. The maximum Gasteiger partial charge on any atom is 0.281 e. The van der Waals surface area contributed by atoms with Gasteiger partial charge in [-0.1, -0.05) is 56.8 Å². The number of rotatable bonds is 4. The van der Waals surface area contributed by atoms with Crippen LogP contribution in [0, 0.1) is 24.7 Å². The standard InChI is InChI=1S/C18H6Cl4I2N6O/c1-3-17(23,29-11-7-5-9(19)13(21)15(11)25-27-29)31-18(24,4-2)30-12-8-6-10(20)14(22)16(12)26-28-30/h1-2,5-8H. The van der Waals surface area contributed by atoms with E-state index in [1.165, 1.54) is 9.36 Å². The molecule has 4 rings (SSSR count). The number of benzene rings is 2. The zero-order valence-corrected chi connectivity index (χ0v) is 22.2. The molecule has 2 unspecified atom stereocenters. The first kappa shape index (κ1) is 23.1. The largest absolute Gasteiger partial charge is 0.286 e. The van der Waals surface area contributed by atoms with E-state index >= 15 is 0 Å². The normalized spacial score (nSPS) is 15.4. The minimum absolute atomic E-state index is 0.243. The van der Waals surface area contributed by atoms with Gasteiger partial charge in [0.25, 0.3) is 7.46 Å². The van der Waals surface area contributed by atoms with Crippen LogP contribution in [0.3, 0.4) is 0 Å². The van der Waals surface area contributed by atoms with Gasteiger partial charge in [-0.25, -0.2) is 0 Å². The summed E-state index contributed by atoms with van der Waals surface area (Å²) in [7, 11) is 0. The average Bonchev–Trinajstić information content (AvgIpc) is 3.39. The highest BCUT2D eigenvalue weighted by Crippen LogP contribution is 2.42. The molecule has 2 heterocycles. The molecule has 0 N–H and O–H groups in total. The summed E-state index contributed by atoms with van der Waals surface area (Å²) in [6.07, 6.45) is 11.7. The van der Waals surface area contributed by atoms with Crippen molar-refractivity contribution in [3.05, 3.63) is 44.4 Å². The smallest absolute Gasteiger partial charge is 0.281 e. The fourth-order valence-corrected chi connectivity index (χ4v) is 5.21. The van der Waals surface area contributed by atoms with Gasteiger partial charge >= 0.3 is 0 Å². The lowest BCUT2D eigenvalue weighted by Crippen LogP contribution is -2.40. The summed E-state index contributed by atoms with van der Waals surface area (Å²) < 4.78 is 5.94. The molecule has 0 radical (unpaired) electrons. The van der Waals surface area contributed by atoms with Crippen LogP contribution in [-0.2, 0) is 12.2 Å². The zero-order chi connectivity index (χ0) is 22.6. The third kappa shape index (κ3) is 3.74. The number of nitrogens with zero attached hydrogens (tertiary/aromatic N) is 6. The molecule has 31 heavy (non-hydrogen) atoms. The highest BCUT2D eigenvalue weighted by molar-refractivity contribution is 14.1. The second-order valence-electron chi connectivity index (χ2n) is 5.97. The summed E-state index contributed by atoms with van der Waals surface area (Å²) in [6.45, 7) is 0. The van der Waals surface area contributed by atoms with Crippen LogP contribution in [0.5, 0.6) is 0 Å². The van der Waals surface area contributed by atoms with E-state index in [0.29, 0.717) is 32.1 Å². The van der Waals surface area contributed by atoms with E-state index in [1.54, 1.807) is 24.3 Å². The van der Waals surface area contributed by atoms with Crippen molar-refractivity contribution in [2.24, 2.45) is 0 Å². The Morgan fingerprint density at radius 2 is 1.16 bits per heavy atom. The summed E-state index contributed by atoms with van der Waals surface area (Å²) in [5.74, 6) is 5.13. The van der Waals surface area contributed by atoms with Crippen molar-refractivity contribution in [2.45, 2.75) is 7.46 Å². The lowest BCUT2D eigenvalue weighted by atomic mass is 10.3. The van der Waals surface area contributed by atoms with Gasteiger partial charge in [0.05, 0.1) is 31.1 Å². The van der Waals surface area contributed by atoms with E-state index in [2.05, 4.69) is 32.5 Å². The molecule has 0 bridgehead atoms. The quantitative estimate of drug-likeness (QED) is 0.150. The fraction of sp³-hybridized carbons (Fsp3) is 0.111. The average molecular weight is 718 g/mol. The summed E-state index contributed by atoms with van der Waals surface area (Å²) in [4.78, 5) is 0. The van der Waals surface area contributed by atoms with Crippen LogP contribution in [0.1, 0.15) is 0 Å². The Bertz CT molecular complexity index is 1330. The van der Waals surface area contributed by atoms with Gasteiger partial charge in [0.2, 0.25) is 0 Å². The van der Waals surface area contributed by atoms with E-state index in [-0.39, 0.29) is 10.0 Å². The van der Waals surface area contributed by atoms with Gasteiger partial charge in [-0.15, -0.1) is 23.0 Å². The van der Waals surface area contributed by atoms with E-state index in [1.807, 2.05) is 45.2 Å². The van der Waals surface area contributed by atoms with E-state index < -0.39 is 7.46 Å². The van der Waals surface area contributed by atoms with E-state index in [4.69, 9.17) is 64.0 Å². The minimum atomic E-state index is -1.52. The van der Waals surface area contributed by atoms with Gasteiger partial charge in [0.1, 0.15) is 11.0 Å². The highest BCUT2D eigenvalue weighted by atomic mass is 127. The first-order valence-corrected chi connectivity index (χ1v) is 11.8. The number of hydrogen-bond acceptors (Lipinski definition) is 5. The van der Waals surface area contributed by atoms with E-state index in [0.717, 1.165) is 0 Å². The molecule has 0 aliphatic carbocycles. The zero-order valence-electron chi connectivity index (χ0n) is 14.8. The lowest BCUT2D eigenvalue weighted by molar-refractivity contribution is -0.0614. The second kappa shape index (κ2) is 8.37. The Morgan fingerprint density at radius 1 is 0.774 bits per heavy atom. The molecule has 156 valence electrons. The summed E-state index contributed by atoms with van der Waals surface area (Å²) in [5, 5.41) is 17.5. The van der Waals surface area contributed by atoms with Gasteiger partial charge in [-0.3, -0.25) is 4.74 Å². The summed E-state index contributed by atoms with van der Waals surface area (Å²) >= 11 is 28.4. The summed E-state index contributed by atoms with van der Waals surface area (Å²) in [6, 6.07) is 6.56. The molecular formula is C18H6Cl4I2N6O. The van der Waals surface area contributed by atoms with Gasteiger partial charge < -0.3 is 0 Å². The predicted octanol–water partition coefficient (Wildman–Crippen LogP) is 5.86. The van der Waals surface area contributed by atoms with Crippen LogP contribution in [0.15, 0.2) is 24.3 Å². The third-order valence-corrected chi connectivity index (χ3v) is 7.76. The molecule has 0 spiro atoms. The number of hydrogen-bond donors (Lipinski definition) is 0. The molecule has 0 aliphatic rings. The van der Waals surface area contributed by atoms with Crippen LogP contribution in [0.4, 0.5) is 0 Å². The van der Waals surface area contributed by atoms with Crippen molar-refractivity contribution < 1.29 is 4.74 Å². The van der Waals surface area contributed by atoms with Gasteiger partial charge in [-0.2, -0.15) is 9.36 Å². The van der Waals surface area contributed by atoms with E-state index in [9.17, 15) is 0 Å². The Balaban J connectivity index is 1.86. The SMILES string of the molecule is C#CC(I)(OC(I)(C#C)n1nnc2c(Cl)c(Cl)ccc21)n1nnc2c(Cl)c(Cl)ccc21. The topological polar surface area (TPSA) is 70.7 Å². The van der Waals surface area contributed by atoms with Crippen molar-refractivity contribution in [3.8, 4) is 24.7 Å². The molecule has 0 fully saturated rings. The molecule has 0 saturated heterocycles. The first-order chi connectivity index (χ1) is 14.6. The Kier molecular flexibility index (Phi) is 6.24. The minimum Gasteiger partial charge on any atom is -0.286 e. The number of fused-ring (bicyclic) bond motifs is 2. The Morgan fingerprint density at radius 3 is 1.52 bits per heavy atom. The molecular weight excluding hydrogens is 712 g/mol. The maximum atomic E-state index is 6.24. The van der Waals surface area contributed by atoms with Gasteiger partial charge in [0.15, 0.2) is 0 Å². The molecule has 4 aromatic rings. The number of alkyl halides is 2. The number of terminal acetylenes is 2. The van der Waals surface area contributed by atoms with Gasteiger partial charge in [0, 0.05) is 0 Å². The predicted molar refractivity (Wildman–Crippen MR) is 138 cm³/mol. The molecule has 13 heteroatoms. The number of halogens is 6. The van der Waals surface area contributed by atoms with Gasteiger partial charge in [-0.05, 0) is 81.3 Å². The van der Waals surface area contributed by atoms with Crippen molar-refractivity contribution in [1.82, 2.24) is 30.0 Å². The van der Waals surface area contributed by atoms with Crippen LogP contribution < -0.4 is 0 Å². The Labute approximate surface area is 222 Å². The monoisotopic (exact) mass is 716 g/mol.